The van der Waals surface area contributed by atoms with Gasteiger partial charge in [-0.2, -0.15) is 18.2 Å². The molecule has 1 aromatic rings. The number of rotatable bonds is 3. The smallest absolute Gasteiger partial charge is 0.421 e. The number of carboxylic acid groups (broad SMARTS) is 1. The van der Waals surface area contributed by atoms with Crippen molar-refractivity contribution in [1.29, 1.82) is 0 Å². The van der Waals surface area contributed by atoms with Gasteiger partial charge < -0.3 is 25.0 Å². The van der Waals surface area contributed by atoms with Crippen LogP contribution in [0.1, 0.15) is 5.56 Å². The average Bonchev–Trinajstić information content (AvgIpc) is 2.59. The van der Waals surface area contributed by atoms with Crippen LogP contribution >= 0.6 is 15.9 Å². The fourth-order valence-corrected chi connectivity index (χ4v) is 3.17. The van der Waals surface area contributed by atoms with Gasteiger partial charge in [-0.1, -0.05) is 0 Å². The molecule has 26 heavy (non-hydrogen) atoms. The van der Waals surface area contributed by atoms with Crippen molar-refractivity contribution in [2.45, 2.75) is 12.2 Å². The van der Waals surface area contributed by atoms with Crippen molar-refractivity contribution in [3.63, 3.8) is 0 Å². The van der Waals surface area contributed by atoms with Crippen LogP contribution in [0.2, 0.25) is 0 Å². The Morgan fingerprint density at radius 2 is 2.08 bits per heavy atom. The summed E-state index contributed by atoms with van der Waals surface area (Å²) in [6.07, 6.45) is -5.85. The molecule has 12 heteroatoms. The standard InChI is InChI=1S/C14H16BrF3N4O4/c1-19-11(23)9-6-21(13(24)25)3-4-22(9)10-8(15)5-7(14(16,17)18)12(20-10)26-2/h5,9H,3-4,6H2,1-2H3,(H,19,23)(H,24,25)/t9-/m0/s1. The summed E-state index contributed by atoms with van der Waals surface area (Å²) in [7, 11) is 2.45. The fourth-order valence-electron chi connectivity index (χ4n) is 2.62. The number of nitrogens with zero attached hydrogens (tertiary/aromatic N) is 3. The van der Waals surface area contributed by atoms with E-state index in [1.165, 1.54) is 11.9 Å². The number of hydrogen-bond donors (Lipinski definition) is 2. The van der Waals surface area contributed by atoms with E-state index in [1.807, 2.05) is 0 Å². The van der Waals surface area contributed by atoms with Gasteiger partial charge in [0, 0.05) is 20.1 Å². The molecule has 0 radical (unpaired) electrons. The number of ether oxygens (including phenoxy) is 1. The van der Waals surface area contributed by atoms with E-state index in [0.29, 0.717) is 0 Å². The van der Waals surface area contributed by atoms with Crippen LogP contribution in [0, 0.1) is 0 Å². The minimum Gasteiger partial charge on any atom is -0.481 e. The third-order valence-corrected chi connectivity index (χ3v) is 4.48. The summed E-state index contributed by atoms with van der Waals surface area (Å²) in [6, 6.07) is -0.124. The Morgan fingerprint density at radius 3 is 2.58 bits per heavy atom. The summed E-state index contributed by atoms with van der Waals surface area (Å²) in [5, 5.41) is 11.6. The van der Waals surface area contributed by atoms with Gasteiger partial charge in [0.2, 0.25) is 11.8 Å². The predicted molar refractivity (Wildman–Crippen MR) is 88.3 cm³/mol. The first-order valence-electron chi connectivity index (χ1n) is 7.38. The number of carbonyl (C=O) groups is 2. The maximum Gasteiger partial charge on any atom is 0.421 e. The molecule has 0 unspecified atom stereocenters. The number of nitrogens with one attached hydrogen (secondary N) is 1. The highest BCUT2D eigenvalue weighted by Gasteiger charge is 2.39. The van der Waals surface area contributed by atoms with E-state index in [1.54, 1.807) is 0 Å². The molecule has 2 amide bonds. The quantitative estimate of drug-likeness (QED) is 0.743. The van der Waals surface area contributed by atoms with Crippen LogP contribution in [0.25, 0.3) is 0 Å². The summed E-state index contributed by atoms with van der Waals surface area (Å²) in [5.74, 6) is -1.05. The van der Waals surface area contributed by atoms with Gasteiger partial charge in [0.15, 0.2) is 0 Å². The zero-order valence-electron chi connectivity index (χ0n) is 13.8. The van der Waals surface area contributed by atoms with Crippen LogP contribution in [-0.2, 0) is 11.0 Å². The molecular weight excluding hydrogens is 425 g/mol. The number of halogens is 4. The monoisotopic (exact) mass is 440 g/mol. The van der Waals surface area contributed by atoms with Gasteiger partial charge in [0.05, 0.1) is 18.1 Å². The number of hydrogen-bond acceptors (Lipinski definition) is 5. The molecule has 1 saturated heterocycles. The van der Waals surface area contributed by atoms with Crippen molar-refractivity contribution in [3.05, 3.63) is 16.1 Å². The molecule has 144 valence electrons. The summed E-state index contributed by atoms with van der Waals surface area (Å²) in [6.45, 7) is -0.00272. The fraction of sp³-hybridized carbons (Fsp3) is 0.500. The first kappa shape index (κ1) is 20.1. The Labute approximate surface area is 155 Å². The molecule has 0 aliphatic carbocycles. The molecule has 0 aromatic carbocycles. The molecule has 1 atom stereocenters. The zero-order chi connectivity index (χ0) is 19.6. The first-order valence-corrected chi connectivity index (χ1v) is 8.17. The molecule has 2 heterocycles. The van der Waals surface area contributed by atoms with Crippen molar-refractivity contribution >= 4 is 33.7 Å². The van der Waals surface area contributed by atoms with Gasteiger partial charge in [-0.25, -0.2) is 4.79 Å². The van der Waals surface area contributed by atoms with E-state index in [0.717, 1.165) is 18.1 Å². The lowest BCUT2D eigenvalue weighted by Gasteiger charge is -2.40. The Morgan fingerprint density at radius 1 is 1.42 bits per heavy atom. The van der Waals surface area contributed by atoms with E-state index in [4.69, 9.17) is 9.84 Å². The second-order valence-electron chi connectivity index (χ2n) is 5.40. The third-order valence-electron chi connectivity index (χ3n) is 3.89. The number of anilines is 1. The van der Waals surface area contributed by atoms with Crippen molar-refractivity contribution in [1.82, 2.24) is 15.2 Å². The summed E-state index contributed by atoms with van der Waals surface area (Å²) in [5.41, 5.74) is -1.06. The first-order chi connectivity index (χ1) is 12.1. The largest absolute Gasteiger partial charge is 0.481 e. The van der Waals surface area contributed by atoms with E-state index in [-0.39, 0.29) is 29.9 Å². The highest BCUT2D eigenvalue weighted by Crippen LogP contribution is 2.40. The Bertz CT molecular complexity index is 716. The third kappa shape index (κ3) is 3.94. The molecule has 1 aliphatic heterocycles. The Hall–Kier alpha value is -2.24. The number of carbonyl (C=O) groups excluding carboxylic acids is 1. The number of aromatic nitrogens is 1. The lowest BCUT2D eigenvalue weighted by Crippen LogP contribution is -2.60. The maximum absolute atomic E-state index is 13.1. The van der Waals surface area contributed by atoms with Crippen molar-refractivity contribution in [2.75, 3.05) is 38.7 Å². The van der Waals surface area contributed by atoms with Crippen LogP contribution in [0.4, 0.5) is 23.8 Å². The maximum atomic E-state index is 13.1. The topological polar surface area (TPSA) is 95.0 Å². The summed E-state index contributed by atoms with van der Waals surface area (Å²) < 4.78 is 44.1. The van der Waals surface area contributed by atoms with Crippen LogP contribution in [0.5, 0.6) is 5.88 Å². The second kappa shape index (κ2) is 7.56. The number of alkyl halides is 3. The van der Waals surface area contributed by atoms with Gasteiger partial charge in [-0.3, -0.25) is 4.79 Å². The van der Waals surface area contributed by atoms with Gasteiger partial charge in [-0.05, 0) is 22.0 Å². The molecule has 0 bridgehead atoms. The minimum absolute atomic E-state index is 0.0169. The van der Waals surface area contributed by atoms with Crippen molar-refractivity contribution < 1.29 is 32.6 Å². The Balaban J connectivity index is 2.48. The number of pyridine rings is 1. The van der Waals surface area contributed by atoms with E-state index >= 15 is 0 Å². The predicted octanol–water partition coefficient (Wildman–Crippen LogP) is 1.79. The molecule has 2 rings (SSSR count). The summed E-state index contributed by atoms with van der Waals surface area (Å²) >= 11 is 3.06. The second-order valence-corrected chi connectivity index (χ2v) is 6.25. The zero-order valence-corrected chi connectivity index (χ0v) is 15.4. The van der Waals surface area contributed by atoms with Gasteiger partial charge in [-0.15, -0.1) is 0 Å². The lowest BCUT2D eigenvalue weighted by atomic mass is 10.1. The molecule has 2 N–H and O–H groups in total. The highest BCUT2D eigenvalue weighted by atomic mass is 79.9. The molecule has 1 fully saturated rings. The molecule has 0 saturated carbocycles. The molecule has 8 nitrogen and oxygen atoms in total. The van der Waals surface area contributed by atoms with Crippen LogP contribution in [-0.4, -0.2) is 66.8 Å². The van der Waals surface area contributed by atoms with Crippen LogP contribution in [0.3, 0.4) is 0 Å². The molecular formula is C14H16BrF3N4O4. The SMILES string of the molecule is CNC(=O)[C@@H]1CN(C(=O)O)CCN1c1nc(OC)c(C(F)(F)F)cc1Br. The molecule has 1 aliphatic rings. The van der Waals surface area contributed by atoms with Crippen LogP contribution in [0.15, 0.2) is 10.5 Å². The number of methoxy groups -OCH3 is 1. The highest BCUT2D eigenvalue weighted by molar-refractivity contribution is 9.10. The number of likely N-dealkylation sites (N-methyl/N-ethyl adjacent to an activating group) is 1. The van der Waals surface area contributed by atoms with Gasteiger partial charge >= 0.3 is 12.3 Å². The van der Waals surface area contributed by atoms with Crippen molar-refractivity contribution in [3.8, 4) is 5.88 Å². The normalized spacial score (nSPS) is 17.8. The minimum atomic E-state index is -4.67. The van der Waals surface area contributed by atoms with Gasteiger partial charge in [0.25, 0.3) is 0 Å². The summed E-state index contributed by atoms with van der Waals surface area (Å²) in [4.78, 5) is 29.8. The van der Waals surface area contributed by atoms with E-state index < -0.39 is 35.7 Å². The van der Waals surface area contributed by atoms with E-state index in [9.17, 15) is 22.8 Å². The number of amides is 2. The lowest BCUT2D eigenvalue weighted by molar-refractivity contribution is -0.139. The van der Waals surface area contributed by atoms with Crippen LogP contribution < -0.4 is 15.0 Å². The average molecular weight is 441 g/mol. The number of piperazine rings is 1. The molecule has 1 aromatic heterocycles. The van der Waals surface area contributed by atoms with E-state index in [2.05, 4.69) is 26.2 Å². The van der Waals surface area contributed by atoms with Crippen molar-refractivity contribution in [2.24, 2.45) is 0 Å². The Kier molecular flexibility index (Phi) is 5.84. The van der Waals surface area contributed by atoms with Gasteiger partial charge in [0.1, 0.15) is 17.4 Å². The molecule has 0 spiro atoms.